The summed E-state index contributed by atoms with van der Waals surface area (Å²) in [7, 11) is 0. The Bertz CT molecular complexity index is 1100. The average molecular weight is 483 g/mol. The number of hydrogen-bond acceptors (Lipinski definition) is 4. The Hall–Kier alpha value is -2.76. The maximum atomic E-state index is 11.8. The molecule has 0 saturated carbocycles. The summed E-state index contributed by atoms with van der Waals surface area (Å²) in [5, 5.41) is 9.76. The Kier molecular flexibility index (Phi) is 8.98. The first kappa shape index (κ1) is 24.9. The van der Waals surface area contributed by atoms with Crippen molar-refractivity contribution in [3.63, 3.8) is 0 Å². The number of carbonyl (C=O) groups is 2. The van der Waals surface area contributed by atoms with Gasteiger partial charge in [0.2, 0.25) is 0 Å². The normalized spacial score (nSPS) is 14.2. The van der Waals surface area contributed by atoms with Gasteiger partial charge in [0.25, 0.3) is 0 Å². The van der Waals surface area contributed by atoms with Crippen LogP contribution in [0.5, 0.6) is 5.75 Å². The van der Waals surface area contributed by atoms with Gasteiger partial charge in [-0.15, -0.1) is 0 Å². The van der Waals surface area contributed by atoms with Gasteiger partial charge in [-0.2, -0.15) is 0 Å². The number of rotatable bonds is 10. The number of allylic oxidation sites excluding steroid dienone is 6. The summed E-state index contributed by atoms with van der Waals surface area (Å²) in [6.07, 6.45) is 10.5. The highest BCUT2D eigenvalue weighted by molar-refractivity contribution is 7.96. The van der Waals surface area contributed by atoms with Gasteiger partial charge in [0.15, 0.2) is 5.78 Å². The Morgan fingerprint density at radius 2 is 1.91 bits per heavy atom. The maximum Gasteiger partial charge on any atom is 0.320 e. The highest BCUT2D eigenvalue weighted by atomic mass is 35.5. The van der Waals surface area contributed by atoms with Crippen LogP contribution in [0.1, 0.15) is 53.7 Å². The molecular formula is C27H27ClO4S. The third-order valence-electron chi connectivity index (χ3n) is 5.41. The van der Waals surface area contributed by atoms with E-state index in [9.17, 15) is 14.7 Å². The van der Waals surface area contributed by atoms with E-state index in [-0.39, 0.29) is 5.78 Å². The Morgan fingerprint density at radius 1 is 1.15 bits per heavy atom. The smallest absolute Gasteiger partial charge is 0.320 e. The zero-order valence-electron chi connectivity index (χ0n) is 18.7. The summed E-state index contributed by atoms with van der Waals surface area (Å²) in [4.78, 5) is 23.4. The SMILES string of the molecule is CCc1cc(C(C)=O)ccc1OSC(CCc1ccc(C2=CC=C(Cl)CC=C2)cc1)C(=O)O. The number of hydrogen-bond donors (Lipinski definition) is 1. The Morgan fingerprint density at radius 3 is 2.58 bits per heavy atom. The monoisotopic (exact) mass is 482 g/mol. The number of halogens is 1. The fourth-order valence-corrected chi connectivity index (χ4v) is 4.27. The zero-order chi connectivity index (χ0) is 23.8. The highest BCUT2D eigenvalue weighted by Gasteiger charge is 2.21. The molecule has 1 atom stereocenters. The van der Waals surface area contributed by atoms with Crippen molar-refractivity contribution in [2.24, 2.45) is 0 Å². The van der Waals surface area contributed by atoms with Crippen LogP contribution in [-0.2, 0) is 17.6 Å². The molecule has 4 nitrogen and oxygen atoms in total. The van der Waals surface area contributed by atoms with Gasteiger partial charge in [-0.05, 0) is 72.7 Å². The van der Waals surface area contributed by atoms with Gasteiger partial charge >= 0.3 is 5.97 Å². The van der Waals surface area contributed by atoms with Crippen molar-refractivity contribution in [2.75, 3.05) is 0 Å². The molecule has 1 N–H and O–H groups in total. The van der Waals surface area contributed by atoms with Crippen molar-refractivity contribution in [1.82, 2.24) is 0 Å². The van der Waals surface area contributed by atoms with Crippen molar-refractivity contribution in [2.45, 2.75) is 44.8 Å². The lowest BCUT2D eigenvalue weighted by Gasteiger charge is -2.14. The third-order valence-corrected chi connectivity index (χ3v) is 6.64. The molecule has 1 unspecified atom stereocenters. The lowest BCUT2D eigenvalue weighted by Crippen LogP contribution is -2.18. The van der Waals surface area contributed by atoms with E-state index in [1.54, 1.807) is 18.2 Å². The van der Waals surface area contributed by atoms with Gasteiger partial charge in [-0.1, -0.05) is 61.0 Å². The molecule has 172 valence electrons. The van der Waals surface area contributed by atoms with Crippen LogP contribution in [0.4, 0.5) is 0 Å². The summed E-state index contributed by atoms with van der Waals surface area (Å²) in [6.45, 7) is 3.49. The third kappa shape index (κ3) is 7.11. The second-order valence-corrected chi connectivity index (χ2v) is 9.23. The predicted octanol–water partition coefficient (Wildman–Crippen LogP) is 7.03. The van der Waals surface area contributed by atoms with Gasteiger partial charge in [0, 0.05) is 17.0 Å². The second kappa shape index (κ2) is 11.9. The van der Waals surface area contributed by atoms with E-state index in [0.717, 1.165) is 45.8 Å². The maximum absolute atomic E-state index is 11.8. The highest BCUT2D eigenvalue weighted by Crippen LogP contribution is 2.28. The van der Waals surface area contributed by atoms with Crippen molar-refractivity contribution in [1.29, 1.82) is 0 Å². The van der Waals surface area contributed by atoms with Crippen molar-refractivity contribution < 1.29 is 18.9 Å². The first-order chi connectivity index (χ1) is 15.9. The molecule has 0 spiro atoms. The van der Waals surface area contributed by atoms with Crippen LogP contribution in [0.25, 0.3) is 5.57 Å². The van der Waals surface area contributed by atoms with E-state index >= 15 is 0 Å². The second-order valence-electron chi connectivity index (χ2n) is 7.82. The quantitative estimate of drug-likeness (QED) is 0.291. The van der Waals surface area contributed by atoms with E-state index in [4.69, 9.17) is 15.8 Å². The standard InChI is InChI=1S/C27H27ClO4S/c1-3-20-17-23(18(2)29)13-15-25(20)32-33-26(27(30)31)16-9-19-7-10-22(11-8-19)21-5-4-6-24(28)14-12-21/h4-5,7-8,10-15,17,26H,3,6,9,16H2,1-2H3,(H,30,31). The topological polar surface area (TPSA) is 63.6 Å². The molecule has 1 aliphatic carbocycles. The Balaban J connectivity index is 1.61. The molecule has 0 aromatic heterocycles. The fraction of sp³-hybridized carbons (Fsp3) is 0.259. The van der Waals surface area contributed by atoms with E-state index in [1.807, 2.05) is 49.4 Å². The molecule has 0 aliphatic heterocycles. The molecule has 6 heteroatoms. The van der Waals surface area contributed by atoms with Crippen LogP contribution < -0.4 is 4.18 Å². The van der Waals surface area contributed by atoms with Crippen molar-refractivity contribution in [3.05, 3.63) is 94.1 Å². The van der Waals surface area contributed by atoms with Crippen LogP contribution in [0.15, 0.2) is 71.8 Å². The van der Waals surface area contributed by atoms with Crippen molar-refractivity contribution in [3.8, 4) is 5.75 Å². The molecule has 33 heavy (non-hydrogen) atoms. The molecule has 2 aromatic carbocycles. The first-order valence-electron chi connectivity index (χ1n) is 10.9. The van der Waals surface area contributed by atoms with Crippen LogP contribution in [0.2, 0.25) is 0 Å². The van der Waals surface area contributed by atoms with E-state index in [2.05, 4.69) is 6.08 Å². The number of carboxylic acid groups (broad SMARTS) is 1. The van der Waals surface area contributed by atoms with Gasteiger partial charge in [-0.3, -0.25) is 9.59 Å². The van der Waals surface area contributed by atoms with Crippen LogP contribution >= 0.6 is 23.6 Å². The number of ketones is 1. The molecule has 1 aliphatic rings. The molecular weight excluding hydrogens is 456 g/mol. The van der Waals surface area contributed by atoms with Gasteiger partial charge in [0.1, 0.15) is 11.0 Å². The zero-order valence-corrected chi connectivity index (χ0v) is 20.3. The molecule has 0 bridgehead atoms. The largest absolute Gasteiger partial charge is 0.480 e. The number of carboxylic acids is 1. The number of benzene rings is 2. The van der Waals surface area contributed by atoms with Crippen molar-refractivity contribution >= 4 is 41.0 Å². The average Bonchev–Trinajstić information content (AvgIpc) is 3.03. The molecule has 3 rings (SSSR count). The minimum Gasteiger partial charge on any atom is -0.480 e. The van der Waals surface area contributed by atoms with Crippen LogP contribution in [0.3, 0.4) is 0 Å². The molecule has 0 amide bonds. The number of aliphatic carboxylic acids is 1. The fourth-order valence-electron chi connectivity index (χ4n) is 3.44. The lowest BCUT2D eigenvalue weighted by molar-refractivity contribution is -0.136. The lowest BCUT2D eigenvalue weighted by atomic mass is 10.0. The summed E-state index contributed by atoms with van der Waals surface area (Å²) in [6, 6.07) is 13.4. The number of Topliss-reactive ketones (excluding diaryl/α,β-unsaturated/α-hetero) is 1. The molecule has 2 aromatic rings. The summed E-state index contributed by atoms with van der Waals surface area (Å²) in [5.41, 5.74) is 4.75. The van der Waals surface area contributed by atoms with Gasteiger partial charge < -0.3 is 9.29 Å². The molecule has 0 radical (unpaired) electrons. The van der Waals surface area contributed by atoms with Gasteiger partial charge in [0.05, 0.1) is 12.0 Å². The van der Waals surface area contributed by atoms with E-state index in [0.29, 0.717) is 30.6 Å². The number of aryl methyl sites for hydroxylation is 2. The Labute approximate surface area is 204 Å². The minimum atomic E-state index is -0.910. The van der Waals surface area contributed by atoms with E-state index in [1.165, 1.54) is 6.92 Å². The molecule has 0 heterocycles. The summed E-state index contributed by atoms with van der Waals surface area (Å²) < 4.78 is 5.79. The predicted molar refractivity (Wildman–Crippen MR) is 136 cm³/mol. The molecule has 0 fully saturated rings. The molecule has 0 saturated heterocycles. The van der Waals surface area contributed by atoms with E-state index < -0.39 is 11.2 Å². The summed E-state index contributed by atoms with van der Waals surface area (Å²) >= 11 is 7.04. The van der Waals surface area contributed by atoms with Crippen LogP contribution in [-0.4, -0.2) is 22.1 Å². The first-order valence-corrected chi connectivity index (χ1v) is 12.1. The van der Waals surface area contributed by atoms with Crippen LogP contribution in [0, 0.1) is 0 Å². The minimum absolute atomic E-state index is 0.00930. The summed E-state index contributed by atoms with van der Waals surface area (Å²) in [5.74, 6) is -0.320. The van der Waals surface area contributed by atoms with Gasteiger partial charge in [-0.25, -0.2) is 0 Å². The number of carbonyl (C=O) groups excluding carboxylic acids is 1.